The zero-order valence-corrected chi connectivity index (χ0v) is 17.7. The summed E-state index contributed by atoms with van der Waals surface area (Å²) in [6.07, 6.45) is 1.41. The molecule has 3 aliphatic heterocycles. The lowest BCUT2D eigenvalue weighted by Crippen LogP contribution is -2.37. The highest BCUT2D eigenvalue weighted by Gasteiger charge is 2.46. The van der Waals surface area contributed by atoms with Gasteiger partial charge in [0.2, 0.25) is 6.79 Å². The third kappa shape index (κ3) is 4.23. The fourth-order valence-corrected chi connectivity index (χ4v) is 4.47. The molecular formula is C24H27N3O4. The number of benzene rings is 2. The molecule has 3 heterocycles. The van der Waals surface area contributed by atoms with Crippen LogP contribution in [0.4, 0.5) is 0 Å². The van der Waals surface area contributed by atoms with Gasteiger partial charge in [0.05, 0.1) is 0 Å². The van der Waals surface area contributed by atoms with E-state index in [2.05, 4.69) is 40.5 Å². The van der Waals surface area contributed by atoms with E-state index in [1.807, 2.05) is 30.3 Å². The van der Waals surface area contributed by atoms with Crippen LogP contribution in [-0.4, -0.2) is 48.5 Å². The van der Waals surface area contributed by atoms with Crippen molar-refractivity contribution in [2.75, 3.05) is 26.4 Å². The molecule has 1 fully saturated rings. The third-order valence-electron chi connectivity index (χ3n) is 6.28. The van der Waals surface area contributed by atoms with Crippen molar-refractivity contribution in [2.24, 2.45) is 5.16 Å². The maximum Gasteiger partial charge on any atom is 0.269 e. The van der Waals surface area contributed by atoms with Crippen molar-refractivity contribution in [1.29, 1.82) is 0 Å². The van der Waals surface area contributed by atoms with E-state index in [0.717, 1.165) is 37.6 Å². The molecule has 7 heteroatoms. The van der Waals surface area contributed by atoms with Crippen LogP contribution in [0.15, 0.2) is 53.7 Å². The summed E-state index contributed by atoms with van der Waals surface area (Å²) in [5, 5.41) is 7.17. The van der Waals surface area contributed by atoms with Crippen LogP contribution < -0.4 is 14.8 Å². The molecule has 162 valence electrons. The number of nitrogens with zero attached hydrogens (tertiary/aromatic N) is 2. The number of likely N-dealkylation sites (tertiary alicyclic amines) is 1. The highest BCUT2D eigenvalue weighted by atomic mass is 16.7. The van der Waals surface area contributed by atoms with E-state index in [4.69, 9.17) is 14.3 Å². The first-order valence-corrected chi connectivity index (χ1v) is 10.8. The molecule has 0 saturated carbocycles. The highest BCUT2D eigenvalue weighted by Crippen LogP contribution is 2.36. The number of carbonyl (C=O) groups is 1. The van der Waals surface area contributed by atoms with Gasteiger partial charge in [-0.05, 0) is 29.2 Å². The number of fused-ring (bicyclic) bond motifs is 1. The lowest BCUT2D eigenvalue weighted by Gasteiger charge is -2.21. The van der Waals surface area contributed by atoms with E-state index in [9.17, 15) is 4.79 Å². The maximum absolute atomic E-state index is 12.6. The van der Waals surface area contributed by atoms with Gasteiger partial charge in [-0.3, -0.25) is 9.69 Å². The zero-order valence-electron chi connectivity index (χ0n) is 17.7. The van der Waals surface area contributed by atoms with E-state index < -0.39 is 5.60 Å². The van der Waals surface area contributed by atoms with Gasteiger partial charge < -0.3 is 19.6 Å². The Bertz CT molecular complexity index is 994. The summed E-state index contributed by atoms with van der Waals surface area (Å²) in [6, 6.07) is 16.2. The normalized spacial score (nSPS) is 22.9. The second-order valence-corrected chi connectivity index (χ2v) is 8.66. The Kier molecular flexibility index (Phi) is 5.28. The molecule has 1 amide bonds. The lowest BCUT2D eigenvalue weighted by molar-refractivity contribution is -0.115. The SMILES string of the molecule is C[C@@H](CNC(=O)C1=NO[C@]2(CCN(Cc3ccc4c(c3)OCO4)C2)C1)c1ccccc1. The minimum Gasteiger partial charge on any atom is -0.454 e. The molecule has 3 aliphatic rings. The molecule has 1 spiro atoms. The number of hydrogen-bond acceptors (Lipinski definition) is 6. The number of oxime groups is 1. The van der Waals surface area contributed by atoms with Crippen molar-refractivity contribution in [2.45, 2.75) is 37.8 Å². The molecule has 2 aromatic carbocycles. The third-order valence-corrected chi connectivity index (χ3v) is 6.28. The molecule has 0 aromatic heterocycles. The summed E-state index contributed by atoms with van der Waals surface area (Å²) < 4.78 is 10.9. The largest absolute Gasteiger partial charge is 0.454 e. The van der Waals surface area contributed by atoms with Crippen LogP contribution >= 0.6 is 0 Å². The summed E-state index contributed by atoms with van der Waals surface area (Å²) in [6.45, 7) is 5.43. The smallest absolute Gasteiger partial charge is 0.269 e. The van der Waals surface area contributed by atoms with Gasteiger partial charge in [-0.1, -0.05) is 48.5 Å². The Morgan fingerprint density at radius 1 is 1.19 bits per heavy atom. The quantitative estimate of drug-likeness (QED) is 0.776. The van der Waals surface area contributed by atoms with Crippen LogP contribution in [0.3, 0.4) is 0 Å². The number of ether oxygens (including phenoxy) is 2. The van der Waals surface area contributed by atoms with Gasteiger partial charge in [-0.15, -0.1) is 0 Å². The molecule has 0 unspecified atom stereocenters. The summed E-state index contributed by atoms with van der Waals surface area (Å²) in [7, 11) is 0. The van der Waals surface area contributed by atoms with Crippen molar-refractivity contribution < 1.29 is 19.1 Å². The Balaban J connectivity index is 1.12. The van der Waals surface area contributed by atoms with Crippen molar-refractivity contribution in [1.82, 2.24) is 10.2 Å². The second kappa shape index (κ2) is 8.23. The molecule has 0 aliphatic carbocycles. The number of rotatable bonds is 6. The van der Waals surface area contributed by atoms with E-state index in [1.165, 1.54) is 11.1 Å². The predicted octanol–water partition coefficient (Wildman–Crippen LogP) is 3.06. The fourth-order valence-electron chi connectivity index (χ4n) is 4.47. The second-order valence-electron chi connectivity index (χ2n) is 8.66. The van der Waals surface area contributed by atoms with Crippen LogP contribution in [-0.2, 0) is 16.2 Å². The first kappa shape index (κ1) is 19.9. The van der Waals surface area contributed by atoms with Crippen molar-refractivity contribution in [3.63, 3.8) is 0 Å². The average Bonchev–Trinajstić information content (AvgIpc) is 3.53. The van der Waals surface area contributed by atoms with Gasteiger partial charge in [0.1, 0.15) is 5.71 Å². The van der Waals surface area contributed by atoms with Crippen LogP contribution in [0.25, 0.3) is 0 Å². The molecular weight excluding hydrogens is 394 g/mol. The summed E-state index contributed by atoms with van der Waals surface area (Å²) in [5.74, 6) is 1.71. The number of hydrogen-bond donors (Lipinski definition) is 1. The molecule has 0 radical (unpaired) electrons. The maximum atomic E-state index is 12.6. The monoisotopic (exact) mass is 421 g/mol. The van der Waals surface area contributed by atoms with E-state index in [1.54, 1.807) is 0 Å². The molecule has 2 aromatic rings. The van der Waals surface area contributed by atoms with Crippen molar-refractivity contribution in [3.05, 3.63) is 59.7 Å². The minimum absolute atomic E-state index is 0.131. The molecule has 5 rings (SSSR count). The summed E-state index contributed by atoms with van der Waals surface area (Å²) in [5.41, 5.74) is 2.48. The number of nitrogens with one attached hydrogen (secondary N) is 1. The Morgan fingerprint density at radius 2 is 2.03 bits per heavy atom. The van der Waals surface area contributed by atoms with Gasteiger partial charge in [-0.25, -0.2) is 0 Å². The van der Waals surface area contributed by atoms with Crippen molar-refractivity contribution in [3.8, 4) is 11.5 Å². The van der Waals surface area contributed by atoms with Crippen molar-refractivity contribution >= 4 is 11.6 Å². The van der Waals surface area contributed by atoms with E-state index in [0.29, 0.717) is 18.7 Å². The van der Waals surface area contributed by atoms with Gasteiger partial charge in [0.15, 0.2) is 17.1 Å². The van der Waals surface area contributed by atoms with Crippen LogP contribution in [0.5, 0.6) is 11.5 Å². The fraction of sp³-hybridized carbons (Fsp3) is 0.417. The van der Waals surface area contributed by atoms with Gasteiger partial charge in [-0.2, -0.15) is 0 Å². The van der Waals surface area contributed by atoms with E-state index in [-0.39, 0.29) is 18.6 Å². The summed E-state index contributed by atoms with van der Waals surface area (Å²) in [4.78, 5) is 20.8. The van der Waals surface area contributed by atoms with Crippen LogP contribution in [0.1, 0.15) is 36.8 Å². The molecule has 1 saturated heterocycles. The molecule has 0 bridgehead atoms. The Morgan fingerprint density at radius 3 is 2.90 bits per heavy atom. The Hall–Kier alpha value is -3.06. The topological polar surface area (TPSA) is 72.4 Å². The average molecular weight is 421 g/mol. The predicted molar refractivity (Wildman–Crippen MR) is 116 cm³/mol. The first-order valence-electron chi connectivity index (χ1n) is 10.8. The van der Waals surface area contributed by atoms with Crippen LogP contribution in [0.2, 0.25) is 0 Å². The standard InChI is InChI=1S/C24H27N3O4/c1-17(19-5-3-2-4-6-19)13-25-23(28)20-12-24(31-26-20)9-10-27(15-24)14-18-7-8-21-22(11-18)30-16-29-21/h2-8,11,17H,9-10,12-16H2,1H3,(H,25,28)/t17-,24+/m0/s1. The van der Waals surface area contributed by atoms with Gasteiger partial charge >= 0.3 is 0 Å². The zero-order chi connectivity index (χ0) is 21.3. The Labute approximate surface area is 182 Å². The minimum atomic E-state index is -0.395. The van der Waals surface area contributed by atoms with Gasteiger partial charge in [0.25, 0.3) is 5.91 Å². The molecule has 2 atom stereocenters. The summed E-state index contributed by atoms with van der Waals surface area (Å²) >= 11 is 0. The molecule has 1 N–H and O–H groups in total. The lowest BCUT2D eigenvalue weighted by atomic mass is 9.96. The van der Waals surface area contributed by atoms with Gasteiger partial charge in [0, 0.05) is 39.0 Å². The number of carbonyl (C=O) groups excluding carboxylic acids is 1. The molecule has 7 nitrogen and oxygen atoms in total. The first-order chi connectivity index (χ1) is 15.1. The highest BCUT2D eigenvalue weighted by molar-refractivity contribution is 6.39. The van der Waals surface area contributed by atoms with E-state index >= 15 is 0 Å². The van der Waals surface area contributed by atoms with Crippen LogP contribution in [0, 0.1) is 0 Å². The number of amides is 1. The molecule has 31 heavy (non-hydrogen) atoms.